The predicted octanol–water partition coefficient (Wildman–Crippen LogP) is 3.10. The van der Waals surface area contributed by atoms with E-state index in [1.165, 1.54) is 18.7 Å². The molecule has 9 heteroatoms. The minimum Gasteiger partial charge on any atom is -0.462 e. The average molecular weight is 480 g/mol. The van der Waals surface area contributed by atoms with Crippen LogP contribution < -0.4 is 9.80 Å². The van der Waals surface area contributed by atoms with Crippen LogP contribution in [0.15, 0.2) is 36.4 Å². The first-order valence-electron chi connectivity index (χ1n) is 11.7. The second-order valence-electron chi connectivity index (χ2n) is 8.53. The highest BCUT2D eigenvalue weighted by molar-refractivity contribution is 5.95. The summed E-state index contributed by atoms with van der Waals surface area (Å²) in [7, 11) is 0. The Bertz CT molecular complexity index is 1180. The number of ether oxygens (including phenoxy) is 2. The van der Waals surface area contributed by atoms with Gasteiger partial charge in [0.2, 0.25) is 11.8 Å². The van der Waals surface area contributed by atoms with E-state index in [0.717, 1.165) is 22.5 Å². The standard InChI is InChI=1S/C26H29N3O6/c1-5-34-25(32)18-7-9-22-21(12-18)14-28-23-10-8-19(26(33)35-6-2)11-20(23)13-27(22)15-24(28)29(16(3)30)17(4)31/h7-12,24H,5-6,13-15H2,1-4H3. The predicted molar refractivity (Wildman–Crippen MR) is 129 cm³/mol. The SMILES string of the molecule is CCOC(=O)c1ccc2c(c1)CN1c3ccc(C(=O)OCC)cc3CN2CC1N(C(C)=O)C(C)=O. The van der Waals surface area contributed by atoms with Crippen molar-refractivity contribution in [3.05, 3.63) is 58.7 Å². The van der Waals surface area contributed by atoms with Crippen LogP contribution in [0.2, 0.25) is 0 Å². The van der Waals surface area contributed by atoms with E-state index in [-0.39, 0.29) is 25.0 Å². The zero-order valence-electron chi connectivity index (χ0n) is 20.4. The van der Waals surface area contributed by atoms with E-state index in [0.29, 0.717) is 30.8 Å². The van der Waals surface area contributed by atoms with E-state index in [1.807, 2.05) is 17.0 Å². The Morgan fingerprint density at radius 3 is 1.86 bits per heavy atom. The molecule has 2 aromatic carbocycles. The molecule has 1 unspecified atom stereocenters. The highest BCUT2D eigenvalue weighted by Crippen LogP contribution is 2.39. The number of hydrogen-bond donors (Lipinski definition) is 0. The summed E-state index contributed by atoms with van der Waals surface area (Å²) < 4.78 is 10.3. The molecule has 0 saturated heterocycles. The molecule has 2 aliphatic heterocycles. The second-order valence-corrected chi connectivity index (χ2v) is 8.53. The van der Waals surface area contributed by atoms with Crippen LogP contribution in [0.25, 0.3) is 0 Å². The van der Waals surface area contributed by atoms with Gasteiger partial charge in [0.25, 0.3) is 0 Å². The molecule has 2 bridgehead atoms. The Morgan fingerprint density at radius 1 is 0.829 bits per heavy atom. The molecule has 1 atom stereocenters. The quantitative estimate of drug-likeness (QED) is 0.604. The molecule has 0 saturated carbocycles. The van der Waals surface area contributed by atoms with E-state index >= 15 is 0 Å². The van der Waals surface area contributed by atoms with Crippen molar-refractivity contribution in [3.63, 3.8) is 0 Å². The van der Waals surface area contributed by atoms with Gasteiger partial charge in [-0.15, -0.1) is 0 Å². The minimum atomic E-state index is -0.571. The Balaban J connectivity index is 1.84. The first-order valence-corrected chi connectivity index (χ1v) is 11.7. The maximum absolute atomic E-state index is 12.5. The third-order valence-corrected chi connectivity index (χ3v) is 6.25. The molecule has 0 radical (unpaired) electrons. The molecule has 0 fully saturated rings. The fourth-order valence-corrected chi connectivity index (χ4v) is 4.84. The fraction of sp³-hybridized carbons (Fsp3) is 0.385. The van der Waals surface area contributed by atoms with Crippen molar-refractivity contribution in [2.75, 3.05) is 29.6 Å². The van der Waals surface area contributed by atoms with Crippen molar-refractivity contribution in [1.29, 1.82) is 0 Å². The molecule has 4 rings (SSSR count). The highest BCUT2D eigenvalue weighted by Gasteiger charge is 2.39. The van der Waals surface area contributed by atoms with Gasteiger partial charge in [-0.3, -0.25) is 14.5 Å². The number of fused-ring (bicyclic) bond motifs is 7. The van der Waals surface area contributed by atoms with Crippen LogP contribution in [-0.4, -0.2) is 54.6 Å². The van der Waals surface area contributed by atoms with Crippen molar-refractivity contribution >= 4 is 35.1 Å². The number of hydrogen-bond acceptors (Lipinski definition) is 8. The molecule has 0 spiro atoms. The number of benzene rings is 2. The first kappa shape index (κ1) is 24.3. The van der Waals surface area contributed by atoms with Crippen molar-refractivity contribution < 1.29 is 28.7 Å². The Morgan fingerprint density at radius 2 is 1.34 bits per heavy atom. The third kappa shape index (κ3) is 4.58. The summed E-state index contributed by atoms with van der Waals surface area (Å²) in [6.07, 6.45) is -0.571. The van der Waals surface area contributed by atoms with Gasteiger partial charge in [0.15, 0.2) is 0 Å². The van der Waals surface area contributed by atoms with Gasteiger partial charge in [-0.05, 0) is 61.4 Å². The molecule has 2 aromatic rings. The van der Waals surface area contributed by atoms with E-state index in [2.05, 4.69) is 4.90 Å². The maximum atomic E-state index is 12.5. The molecule has 0 aromatic heterocycles. The lowest BCUT2D eigenvalue weighted by Crippen LogP contribution is -2.55. The first-order chi connectivity index (χ1) is 16.7. The van der Waals surface area contributed by atoms with Crippen molar-refractivity contribution in [2.24, 2.45) is 0 Å². The van der Waals surface area contributed by atoms with E-state index in [1.54, 1.807) is 38.1 Å². The maximum Gasteiger partial charge on any atom is 0.338 e. The fourth-order valence-electron chi connectivity index (χ4n) is 4.84. The number of carbonyl (C=O) groups excluding carboxylic acids is 4. The molecular formula is C26H29N3O6. The van der Waals surface area contributed by atoms with Crippen molar-refractivity contribution in [2.45, 2.75) is 47.0 Å². The van der Waals surface area contributed by atoms with Gasteiger partial charge in [-0.1, -0.05) is 0 Å². The molecule has 0 N–H and O–H groups in total. The zero-order valence-corrected chi connectivity index (χ0v) is 20.4. The molecule has 0 aliphatic carbocycles. The van der Waals surface area contributed by atoms with Gasteiger partial charge in [-0.25, -0.2) is 9.59 Å². The number of carbonyl (C=O) groups is 4. The summed E-state index contributed by atoms with van der Waals surface area (Å²) in [6.45, 7) is 8.00. The molecule has 35 heavy (non-hydrogen) atoms. The van der Waals surface area contributed by atoms with Gasteiger partial charge < -0.3 is 19.3 Å². The molecule has 184 valence electrons. The van der Waals surface area contributed by atoms with E-state index < -0.39 is 18.1 Å². The van der Waals surface area contributed by atoms with E-state index in [9.17, 15) is 19.2 Å². The normalized spacial score (nSPS) is 15.9. The van der Waals surface area contributed by atoms with Crippen LogP contribution in [0.5, 0.6) is 0 Å². The van der Waals surface area contributed by atoms with Gasteiger partial charge in [0, 0.05) is 38.3 Å². The Kier molecular flexibility index (Phi) is 6.77. The van der Waals surface area contributed by atoms with Gasteiger partial charge in [-0.2, -0.15) is 0 Å². The summed E-state index contributed by atoms with van der Waals surface area (Å²) in [5.74, 6) is -1.51. The van der Waals surface area contributed by atoms with Crippen LogP contribution >= 0.6 is 0 Å². The van der Waals surface area contributed by atoms with Crippen LogP contribution in [-0.2, 0) is 32.2 Å². The minimum absolute atomic E-state index is 0.276. The van der Waals surface area contributed by atoms with Gasteiger partial charge >= 0.3 is 11.9 Å². The second kappa shape index (κ2) is 9.77. The van der Waals surface area contributed by atoms with Crippen molar-refractivity contribution in [1.82, 2.24) is 4.90 Å². The summed E-state index contributed by atoms with van der Waals surface area (Å²) in [5.41, 5.74) is 4.35. The average Bonchev–Trinajstić information content (AvgIpc) is 3.04. The molecular weight excluding hydrogens is 450 g/mol. The smallest absolute Gasteiger partial charge is 0.338 e. The molecule has 2 aliphatic rings. The number of imide groups is 1. The van der Waals surface area contributed by atoms with Crippen LogP contribution in [0, 0.1) is 0 Å². The zero-order chi connectivity index (χ0) is 25.3. The Labute approximate surface area is 204 Å². The lowest BCUT2D eigenvalue weighted by atomic mass is 10.0. The van der Waals surface area contributed by atoms with Crippen LogP contribution in [0.4, 0.5) is 11.4 Å². The lowest BCUT2D eigenvalue weighted by Gasteiger charge is -2.37. The third-order valence-electron chi connectivity index (χ3n) is 6.25. The number of esters is 2. The molecule has 9 nitrogen and oxygen atoms in total. The molecule has 2 heterocycles. The van der Waals surface area contributed by atoms with E-state index in [4.69, 9.17) is 9.47 Å². The molecule has 2 amide bonds. The lowest BCUT2D eigenvalue weighted by molar-refractivity contribution is -0.144. The summed E-state index contributed by atoms with van der Waals surface area (Å²) in [5, 5.41) is 0. The summed E-state index contributed by atoms with van der Waals surface area (Å²) in [6, 6.07) is 10.7. The van der Waals surface area contributed by atoms with Gasteiger partial charge in [0.05, 0.1) is 30.9 Å². The number of rotatable bonds is 5. The number of amides is 2. The van der Waals surface area contributed by atoms with Gasteiger partial charge in [0.1, 0.15) is 6.17 Å². The monoisotopic (exact) mass is 479 g/mol. The van der Waals surface area contributed by atoms with Crippen molar-refractivity contribution in [3.8, 4) is 0 Å². The highest BCUT2D eigenvalue weighted by atomic mass is 16.5. The Hall–Kier alpha value is -3.88. The summed E-state index contributed by atoms with van der Waals surface area (Å²) in [4.78, 5) is 55.2. The number of nitrogens with zero attached hydrogens (tertiary/aromatic N) is 3. The van der Waals surface area contributed by atoms with Crippen LogP contribution in [0.1, 0.15) is 59.5 Å². The largest absolute Gasteiger partial charge is 0.462 e. The van der Waals surface area contributed by atoms with Crippen LogP contribution in [0.3, 0.4) is 0 Å². The summed E-state index contributed by atoms with van der Waals surface area (Å²) >= 11 is 0. The number of anilines is 2. The topological polar surface area (TPSA) is 96.5 Å².